The van der Waals surface area contributed by atoms with Gasteiger partial charge in [0.1, 0.15) is 18.1 Å². The van der Waals surface area contributed by atoms with Crippen LogP contribution in [0.25, 0.3) is 12.2 Å². The van der Waals surface area contributed by atoms with E-state index in [0.29, 0.717) is 30.6 Å². The maximum atomic E-state index is 14.2. The van der Waals surface area contributed by atoms with Crippen LogP contribution in [0.1, 0.15) is 124 Å². The molecule has 4 rings (SSSR count). The first-order valence-corrected chi connectivity index (χ1v) is 24.6. The van der Waals surface area contributed by atoms with Gasteiger partial charge < -0.3 is 41.5 Å². The van der Waals surface area contributed by atoms with Crippen LogP contribution < -0.4 is 31.5 Å². The second kappa shape index (κ2) is 25.0. The maximum Gasteiger partial charge on any atom is 0.331 e. The standard InChI is InChI=1S/C56H77N7O8/c1-34(2)44(31-36(5)54(70)71)62(13)53(69)49(55(7,8)9)61-52(68)48(57-12)56(10,11)41-24-20-25-42(32-41)59-50(66)37(6)58-51(67)47(35(3)4)60-45(64)27-18-19-28-46(65)63-33-40-23-15-14-21-38(40)29-30-39-22-16-17-26-43(39)63/h14-17,20-26,29-32,34-35,37,44,47-49,57H,18-19,27-28,33H2,1-13H3,(H,58,67)(H,59,66)(H,60,64)(H,61,68)(H,70,71)/b30-29-,36-31+/t37-,44+,47-,48+,49+/m0/s1. The van der Waals surface area contributed by atoms with E-state index in [2.05, 4.69) is 32.7 Å². The molecule has 0 fully saturated rings. The van der Waals surface area contributed by atoms with Crippen LogP contribution in [0.4, 0.5) is 11.4 Å². The summed E-state index contributed by atoms with van der Waals surface area (Å²) in [7, 11) is 3.27. The van der Waals surface area contributed by atoms with Gasteiger partial charge in [-0.05, 0) is 91.4 Å². The lowest BCUT2D eigenvalue weighted by atomic mass is 9.76. The molecule has 1 heterocycles. The molecule has 0 aliphatic carbocycles. The molecule has 5 atom stereocenters. The van der Waals surface area contributed by atoms with Crippen LogP contribution >= 0.6 is 0 Å². The van der Waals surface area contributed by atoms with Gasteiger partial charge in [-0.1, -0.05) is 135 Å². The van der Waals surface area contributed by atoms with E-state index in [4.69, 9.17) is 0 Å². The van der Waals surface area contributed by atoms with E-state index >= 15 is 0 Å². The van der Waals surface area contributed by atoms with Crippen LogP contribution in [0.15, 0.2) is 84.4 Å². The van der Waals surface area contributed by atoms with Crippen LogP contribution in [0.2, 0.25) is 0 Å². The Balaban J connectivity index is 1.35. The molecule has 0 saturated heterocycles. The van der Waals surface area contributed by atoms with Crippen LogP contribution in [0.5, 0.6) is 0 Å². The molecular formula is C56H77N7O8. The number of hydrogen-bond donors (Lipinski definition) is 6. The smallest absolute Gasteiger partial charge is 0.331 e. The van der Waals surface area contributed by atoms with Gasteiger partial charge in [0.15, 0.2) is 0 Å². The second-order valence-electron chi connectivity index (χ2n) is 21.0. The van der Waals surface area contributed by atoms with Crippen molar-refractivity contribution in [3.05, 3.63) is 107 Å². The summed E-state index contributed by atoms with van der Waals surface area (Å²) >= 11 is 0. The van der Waals surface area contributed by atoms with Crippen LogP contribution in [-0.4, -0.2) is 95.7 Å². The number of hydrogen-bond acceptors (Lipinski definition) is 8. The lowest BCUT2D eigenvalue weighted by Gasteiger charge is -2.40. The number of carboxylic acids is 1. The number of amides is 6. The molecule has 384 valence electrons. The molecule has 1 aliphatic heterocycles. The fourth-order valence-corrected chi connectivity index (χ4v) is 8.76. The average molecular weight is 976 g/mol. The zero-order valence-corrected chi connectivity index (χ0v) is 43.9. The Hall–Kier alpha value is -6.61. The summed E-state index contributed by atoms with van der Waals surface area (Å²) in [5.74, 6) is -3.67. The minimum absolute atomic E-state index is 0.0415. The number of benzene rings is 3. The van der Waals surface area contributed by atoms with Gasteiger partial charge in [0.05, 0.1) is 24.3 Å². The van der Waals surface area contributed by atoms with Gasteiger partial charge in [-0.25, -0.2) is 4.79 Å². The molecule has 1 aliphatic rings. The van der Waals surface area contributed by atoms with Crippen LogP contribution in [0.3, 0.4) is 0 Å². The Morgan fingerprint density at radius 2 is 1.35 bits per heavy atom. The van der Waals surface area contributed by atoms with Crippen molar-refractivity contribution in [2.75, 3.05) is 24.3 Å². The van der Waals surface area contributed by atoms with Gasteiger partial charge in [-0.2, -0.15) is 0 Å². The van der Waals surface area contributed by atoms with E-state index in [1.165, 1.54) is 11.8 Å². The predicted molar refractivity (Wildman–Crippen MR) is 281 cm³/mol. The number of carbonyl (C=O) groups is 7. The topological polar surface area (TPSA) is 206 Å². The molecule has 3 aromatic rings. The lowest BCUT2D eigenvalue weighted by molar-refractivity contribution is -0.141. The first-order valence-electron chi connectivity index (χ1n) is 24.6. The number of unbranched alkanes of at least 4 members (excludes halogenated alkanes) is 1. The van der Waals surface area contributed by atoms with Crippen molar-refractivity contribution in [3.63, 3.8) is 0 Å². The molecule has 0 radical (unpaired) electrons. The van der Waals surface area contributed by atoms with Crippen molar-refractivity contribution in [3.8, 4) is 0 Å². The third kappa shape index (κ3) is 15.2. The van der Waals surface area contributed by atoms with E-state index < -0.39 is 64.7 Å². The van der Waals surface area contributed by atoms with E-state index in [1.807, 2.05) is 109 Å². The zero-order valence-electron chi connectivity index (χ0n) is 43.9. The number of nitrogens with one attached hydrogen (secondary N) is 5. The van der Waals surface area contributed by atoms with E-state index in [0.717, 1.165) is 22.4 Å². The number of carboxylic acid groups (broad SMARTS) is 1. The normalized spacial score (nSPS) is 15.4. The van der Waals surface area contributed by atoms with Crippen molar-refractivity contribution >= 4 is 64.9 Å². The number of carbonyl (C=O) groups excluding carboxylic acids is 6. The summed E-state index contributed by atoms with van der Waals surface area (Å²) < 4.78 is 0. The lowest BCUT2D eigenvalue weighted by Crippen LogP contribution is -2.61. The van der Waals surface area contributed by atoms with E-state index in [9.17, 15) is 38.7 Å². The average Bonchev–Trinajstić information content (AvgIpc) is 3.30. The monoisotopic (exact) mass is 976 g/mol. The first-order chi connectivity index (χ1) is 33.3. The maximum absolute atomic E-state index is 14.2. The van der Waals surface area contributed by atoms with Crippen molar-refractivity contribution in [2.45, 2.75) is 144 Å². The number of nitrogens with zero attached hydrogens (tertiary/aromatic N) is 2. The molecule has 15 nitrogen and oxygen atoms in total. The van der Waals surface area contributed by atoms with Crippen molar-refractivity contribution in [1.29, 1.82) is 0 Å². The number of anilines is 2. The molecule has 6 amide bonds. The van der Waals surface area contributed by atoms with E-state index in [1.54, 1.807) is 64.0 Å². The second-order valence-corrected chi connectivity index (χ2v) is 21.0. The molecule has 0 spiro atoms. The van der Waals surface area contributed by atoms with Crippen molar-refractivity contribution in [2.24, 2.45) is 17.3 Å². The molecule has 71 heavy (non-hydrogen) atoms. The zero-order chi connectivity index (χ0) is 53.0. The highest BCUT2D eigenvalue weighted by atomic mass is 16.4. The Kier molecular flexibility index (Phi) is 20.0. The fourth-order valence-electron chi connectivity index (χ4n) is 8.76. The third-order valence-corrected chi connectivity index (χ3v) is 13.2. The van der Waals surface area contributed by atoms with Crippen molar-refractivity contribution in [1.82, 2.24) is 26.2 Å². The largest absolute Gasteiger partial charge is 0.478 e. The Bertz CT molecular complexity index is 2470. The minimum Gasteiger partial charge on any atom is -0.478 e. The van der Waals surface area contributed by atoms with E-state index in [-0.39, 0.29) is 48.0 Å². The molecule has 3 aromatic carbocycles. The predicted octanol–water partition coefficient (Wildman–Crippen LogP) is 7.46. The first kappa shape index (κ1) is 57.0. The number of likely N-dealkylation sites (N-methyl/N-ethyl adjacent to an activating group) is 2. The molecular weight excluding hydrogens is 899 g/mol. The summed E-state index contributed by atoms with van der Waals surface area (Å²) in [4.78, 5) is 97.3. The van der Waals surface area contributed by atoms with Gasteiger partial charge in [-0.15, -0.1) is 0 Å². The highest BCUT2D eigenvalue weighted by Gasteiger charge is 2.42. The van der Waals surface area contributed by atoms with Gasteiger partial charge >= 0.3 is 5.97 Å². The number of aliphatic carboxylic acids is 1. The Morgan fingerprint density at radius 1 is 0.732 bits per heavy atom. The molecule has 0 bridgehead atoms. The van der Waals surface area contributed by atoms with Gasteiger partial charge in [0.25, 0.3) is 0 Å². The third-order valence-electron chi connectivity index (χ3n) is 13.2. The van der Waals surface area contributed by atoms with Gasteiger partial charge in [-0.3, -0.25) is 28.8 Å². The fraction of sp³-hybridized carbons (Fsp3) is 0.482. The highest BCUT2D eigenvalue weighted by Crippen LogP contribution is 2.32. The summed E-state index contributed by atoms with van der Waals surface area (Å²) in [5.41, 5.74) is 3.51. The SMILES string of the molecule is CN[C@H](C(=O)N[C@H](C(=O)N(C)[C@H](/C=C(\C)C(=O)O)C(C)C)C(C)(C)C)C(C)(C)c1cccc(NC(=O)[C@H](C)NC(=O)[C@@H](NC(=O)CCCCC(=O)N2Cc3ccccc3/C=C\c3ccccc32)C(C)C)c1. The van der Waals surface area contributed by atoms with Crippen molar-refractivity contribution < 1.29 is 38.7 Å². The number of fused-ring (bicyclic) bond motifs is 2. The molecule has 6 N–H and O–H groups in total. The number of rotatable bonds is 21. The molecule has 15 heteroatoms. The molecule has 0 unspecified atom stereocenters. The summed E-state index contributed by atoms with van der Waals surface area (Å²) in [6.07, 6.45) is 6.92. The summed E-state index contributed by atoms with van der Waals surface area (Å²) in [6, 6.07) is 18.6. The van der Waals surface area contributed by atoms with Crippen LogP contribution in [0, 0.1) is 17.3 Å². The summed E-state index contributed by atoms with van der Waals surface area (Å²) in [6.45, 7) is 20.2. The van der Waals surface area contributed by atoms with Gasteiger partial charge in [0.2, 0.25) is 35.4 Å². The number of para-hydroxylation sites is 1. The Labute approximate surface area is 420 Å². The summed E-state index contributed by atoms with van der Waals surface area (Å²) in [5, 5.41) is 24.1. The molecule has 0 aromatic heterocycles. The minimum atomic E-state index is -1.08. The quantitative estimate of drug-likeness (QED) is 0.0462. The van der Waals surface area contributed by atoms with Gasteiger partial charge in [0, 0.05) is 36.6 Å². The molecule has 0 saturated carbocycles. The highest BCUT2D eigenvalue weighted by molar-refractivity contribution is 5.99. The van der Waals surface area contributed by atoms with Crippen LogP contribution in [-0.2, 0) is 45.5 Å². The Morgan fingerprint density at radius 3 is 1.97 bits per heavy atom.